The van der Waals surface area contributed by atoms with E-state index in [-0.39, 0.29) is 35.7 Å². The molecule has 3 fully saturated rings. The summed E-state index contributed by atoms with van der Waals surface area (Å²) in [5.74, 6) is 0.644. The van der Waals surface area contributed by atoms with Crippen molar-refractivity contribution in [2.45, 2.75) is 96.0 Å². The monoisotopic (exact) mass is 792 g/mol. The molecule has 2 aromatic rings. The standard InChI is InChI=1S/C45H56N6O7/c1-25(2)39(49-44(54)57-5)42(52)48-41-32-18-17-31(20-32)38(41)36-22-34(24-47-36)30-15-11-28(12-16-30)27-9-13-29(14-10-27)33-21-35(46-23-33)37-8-7-19-51(37)43(53)40(26(3)56-4)50-45(55)58-6/h9-16,23-26,31-32,37-41H,7-8,17-22H2,1-6H3,(H,48,52)(H,49,54)(H,50,55)/t26?,31?,32?,37-,38+,39-,40-,41-/m0/s1. The zero-order valence-electron chi connectivity index (χ0n) is 34.3. The van der Waals surface area contributed by atoms with Gasteiger partial charge in [-0.2, -0.15) is 0 Å². The van der Waals surface area contributed by atoms with Crippen LogP contribution in [0.25, 0.3) is 22.3 Å². The highest BCUT2D eigenvalue weighted by molar-refractivity contribution is 6.04. The van der Waals surface area contributed by atoms with Gasteiger partial charge in [0.25, 0.3) is 0 Å². The van der Waals surface area contributed by atoms with Crippen molar-refractivity contribution in [3.8, 4) is 11.1 Å². The smallest absolute Gasteiger partial charge is 0.407 e. The minimum Gasteiger partial charge on any atom is -0.453 e. The van der Waals surface area contributed by atoms with Gasteiger partial charge in [-0.15, -0.1) is 0 Å². The van der Waals surface area contributed by atoms with Crippen LogP contribution in [0.2, 0.25) is 0 Å². The van der Waals surface area contributed by atoms with Crippen LogP contribution in [0.1, 0.15) is 76.8 Å². The molecule has 0 spiro atoms. The highest BCUT2D eigenvalue weighted by Gasteiger charge is 2.51. The second-order valence-corrected chi connectivity index (χ2v) is 16.6. The molecule has 2 aliphatic carbocycles. The number of rotatable bonds is 13. The SMILES string of the molecule is COC(=O)N[C@H](C(=O)N[C@H]1C2CCC(C2)[C@@H]1C1=NC=C(c2ccc(-c3ccc(C4=CN=C([C@@H]5CCCN5C(=O)[C@@H](NC(=O)OC)C(C)OC)C4)cc3)cc2)C1)C(C)C. The second-order valence-electron chi connectivity index (χ2n) is 16.6. The number of benzene rings is 2. The Hall–Kier alpha value is -5.30. The lowest BCUT2D eigenvalue weighted by molar-refractivity contribution is -0.136. The van der Waals surface area contributed by atoms with Crippen LogP contribution in [-0.4, -0.2) is 98.5 Å². The van der Waals surface area contributed by atoms with Crippen molar-refractivity contribution in [2.24, 2.45) is 33.7 Å². The van der Waals surface area contributed by atoms with Gasteiger partial charge in [-0.05, 0) is 90.2 Å². The Morgan fingerprint density at radius 1 is 0.707 bits per heavy atom. The van der Waals surface area contributed by atoms with Crippen LogP contribution in [0, 0.1) is 23.7 Å². The van der Waals surface area contributed by atoms with E-state index in [9.17, 15) is 19.2 Å². The summed E-state index contributed by atoms with van der Waals surface area (Å²) in [4.78, 5) is 62.7. The van der Waals surface area contributed by atoms with Gasteiger partial charge in [0.2, 0.25) is 11.8 Å². The van der Waals surface area contributed by atoms with Gasteiger partial charge in [-0.3, -0.25) is 19.6 Å². The number of allylic oxidation sites excluding steroid dienone is 2. The van der Waals surface area contributed by atoms with Crippen molar-refractivity contribution < 1.29 is 33.4 Å². The summed E-state index contributed by atoms with van der Waals surface area (Å²) in [7, 11) is 4.09. The zero-order chi connectivity index (χ0) is 41.1. The fourth-order valence-corrected chi connectivity index (χ4v) is 9.62. The van der Waals surface area contributed by atoms with Gasteiger partial charge in [-0.25, -0.2) is 9.59 Å². The van der Waals surface area contributed by atoms with E-state index in [2.05, 4.69) is 64.5 Å². The number of likely N-dealkylation sites (tertiary alicyclic amines) is 1. The fourth-order valence-electron chi connectivity index (χ4n) is 9.62. The topological polar surface area (TPSA) is 160 Å². The molecule has 2 aromatic carbocycles. The predicted octanol–water partition coefficient (Wildman–Crippen LogP) is 6.39. The Morgan fingerprint density at radius 3 is 1.81 bits per heavy atom. The summed E-state index contributed by atoms with van der Waals surface area (Å²) in [6.07, 6.45) is 8.50. The van der Waals surface area contributed by atoms with E-state index in [0.717, 1.165) is 77.8 Å². The fraction of sp³-hybridized carbons (Fsp3) is 0.511. The molecule has 3 unspecified atom stereocenters. The molecule has 4 amide bonds. The Morgan fingerprint density at radius 2 is 1.24 bits per heavy atom. The van der Waals surface area contributed by atoms with E-state index in [1.54, 1.807) is 6.92 Å². The van der Waals surface area contributed by atoms with Crippen molar-refractivity contribution in [1.82, 2.24) is 20.9 Å². The number of hydrogen-bond donors (Lipinski definition) is 3. The lowest BCUT2D eigenvalue weighted by Crippen LogP contribution is -2.56. The van der Waals surface area contributed by atoms with Crippen LogP contribution in [0.15, 0.2) is 70.9 Å². The van der Waals surface area contributed by atoms with Gasteiger partial charge >= 0.3 is 12.2 Å². The molecule has 308 valence electrons. The molecular weight excluding hydrogens is 737 g/mol. The van der Waals surface area contributed by atoms with Crippen LogP contribution >= 0.6 is 0 Å². The molecule has 13 heteroatoms. The van der Waals surface area contributed by atoms with Crippen molar-refractivity contribution >= 4 is 46.6 Å². The maximum atomic E-state index is 13.7. The van der Waals surface area contributed by atoms with Crippen LogP contribution in [0.4, 0.5) is 9.59 Å². The first-order chi connectivity index (χ1) is 28.0. The number of aliphatic imine (C=N–C) groups is 2. The summed E-state index contributed by atoms with van der Waals surface area (Å²) < 4.78 is 15.0. The first kappa shape index (κ1) is 40.9. The van der Waals surface area contributed by atoms with Gasteiger partial charge in [0.1, 0.15) is 12.1 Å². The number of alkyl carbamates (subject to hydrolysis) is 2. The summed E-state index contributed by atoms with van der Waals surface area (Å²) in [6.45, 7) is 6.18. The van der Waals surface area contributed by atoms with Crippen LogP contribution < -0.4 is 16.0 Å². The number of hydrogen-bond acceptors (Lipinski definition) is 9. The molecule has 8 atom stereocenters. The molecule has 1 saturated heterocycles. The lowest BCUT2D eigenvalue weighted by atomic mass is 9.79. The minimum absolute atomic E-state index is 0.00293. The summed E-state index contributed by atoms with van der Waals surface area (Å²) >= 11 is 0. The maximum Gasteiger partial charge on any atom is 0.407 e. The highest BCUT2D eigenvalue weighted by Crippen LogP contribution is 2.50. The zero-order valence-corrected chi connectivity index (χ0v) is 34.3. The molecule has 0 aromatic heterocycles. The number of amides is 4. The molecule has 13 nitrogen and oxygen atoms in total. The molecule has 3 heterocycles. The van der Waals surface area contributed by atoms with Crippen molar-refractivity contribution in [2.75, 3.05) is 27.9 Å². The Labute approximate surface area is 340 Å². The number of carbonyl (C=O) groups excluding carboxylic acids is 4. The first-order valence-electron chi connectivity index (χ1n) is 20.5. The van der Waals surface area contributed by atoms with E-state index in [0.29, 0.717) is 24.8 Å². The largest absolute Gasteiger partial charge is 0.453 e. The third-order valence-corrected chi connectivity index (χ3v) is 12.9. The summed E-state index contributed by atoms with van der Waals surface area (Å²) in [5.41, 5.74) is 8.80. The normalized spacial score (nSPS) is 25.0. The number of carbonyl (C=O) groups is 4. The molecule has 7 rings (SSSR count). The van der Waals surface area contributed by atoms with E-state index in [4.69, 9.17) is 24.2 Å². The molecular formula is C45H56N6O7. The van der Waals surface area contributed by atoms with Crippen molar-refractivity contribution in [1.29, 1.82) is 0 Å². The second kappa shape index (κ2) is 17.7. The first-order valence-corrected chi connectivity index (χ1v) is 20.5. The lowest BCUT2D eigenvalue weighted by Gasteiger charge is -2.34. The Balaban J connectivity index is 0.944. The highest BCUT2D eigenvalue weighted by atomic mass is 16.5. The van der Waals surface area contributed by atoms with Gasteiger partial charge < -0.3 is 35.1 Å². The number of methoxy groups -OCH3 is 3. The molecule has 3 aliphatic heterocycles. The van der Waals surface area contributed by atoms with Gasteiger partial charge in [0.05, 0.1) is 26.4 Å². The molecule has 58 heavy (non-hydrogen) atoms. The van der Waals surface area contributed by atoms with E-state index >= 15 is 0 Å². The molecule has 0 radical (unpaired) electrons. The minimum atomic E-state index is -0.863. The van der Waals surface area contributed by atoms with Crippen molar-refractivity contribution in [3.05, 3.63) is 72.1 Å². The molecule has 2 saturated carbocycles. The van der Waals surface area contributed by atoms with Gasteiger partial charge in [0.15, 0.2) is 0 Å². The summed E-state index contributed by atoms with van der Waals surface area (Å²) in [6, 6.07) is 15.5. The quantitative estimate of drug-likeness (QED) is 0.212. The number of nitrogens with one attached hydrogen (secondary N) is 3. The number of ether oxygens (including phenoxy) is 3. The predicted molar refractivity (Wildman–Crippen MR) is 223 cm³/mol. The molecule has 2 bridgehead atoms. The number of nitrogens with zero attached hydrogens (tertiary/aromatic N) is 3. The van der Waals surface area contributed by atoms with Crippen LogP contribution in [-0.2, 0) is 23.8 Å². The summed E-state index contributed by atoms with van der Waals surface area (Å²) in [5, 5.41) is 8.69. The number of fused-ring (bicyclic) bond motifs is 2. The van der Waals surface area contributed by atoms with Gasteiger partial charge in [-0.1, -0.05) is 62.4 Å². The third kappa shape index (κ3) is 8.46. The van der Waals surface area contributed by atoms with Crippen LogP contribution in [0.3, 0.4) is 0 Å². The van der Waals surface area contributed by atoms with E-state index < -0.39 is 30.4 Å². The average molecular weight is 793 g/mol. The van der Waals surface area contributed by atoms with Crippen LogP contribution in [0.5, 0.6) is 0 Å². The van der Waals surface area contributed by atoms with Gasteiger partial charge in [0, 0.05) is 62.3 Å². The third-order valence-electron chi connectivity index (χ3n) is 12.9. The van der Waals surface area contributed by atoms with E-state index in [1.807, 2.05) is 31.1 Å². The maximum absolute atomic E-state index is 13.7. The Kier molecular flexibility index (Phi) is 12.5. The van der Waals surface area contributed by atoms with E-state index in [1.165, 1.54) is 26.9 Å². The molecule has 5 aliphatic rings. The van der Waals surface area contributed by atoms with Crippen molar-refractivity contribution in [3.63, 3.8) is 0 Å². The Bertz CT molecular complexity index is 2010. The molecule has 3 N–H and O–H groups in total. The average Bonchev–Trinajstić information content (AvgIpc) is 4.10.